The van der Waals surface area contributed by atoms with E-state index in [-0.39, 0.29) is 18.1 Å². The van der Waals surface area contributed by atoms with Crippen molar-refractivity contribution in [1.29, 1.82) is 0 Å². The van der Waals surface area contributed by atoms with Gasteiger partial charge in [0.1, 0.15) is 0 Å². The monoisotopic (exact) mass is 227 g/mol. The van der Waals surface area contributed by atoms with Crippen molar-refractivity contribution in [2.24, 2.45) is 0 Å². The standard InChI is InChI=1S/C11H17NO4/c13-9-3-1-4-10(14)12(9)6-5-11-15-7-2-8-16-11/h11H,1-8H2. The maximum Gasteiger partial charge on any atom is 0.229 e. The normalized spacial score (nSPS) is 23.9. The van der Waals surface area contributed by atoms with Gasteiger partial charge in [0, 0.05) is 25.8 Å². The zero-order valence-corrected chi connectivity index (χ0v) is 9.31. The molecule has 2 aliphatic rings. The van der Waals surface area contributed by atoms with Crippen LogP contribution in [0.2, 0.25) is 0 Å². The average Bonchev–Trinajstić information content (AvgIpc) is 2.30. The van der Waals surface area contributed by atoms with Crippen LogP contribution in [0.25, 0.3) is 0 Å². The van der Waals surface area contributed by atoms with E-state index in [0.717, 1.165) is 6.42 Å². The van der Waals surface area contributed by atoms with Gasteiger partial charge in [-0.15, -0.1) is 0 Å². The Hall–Kier alpha value is -0.940. The Labute approximate surface area is 94.7 Å². The number of carbonyl (C=O) groups excluding carboxylic acids is 2. The molecule has 0 aromatic carbocycles. The number of imide groups is 1. The van der Waals surface area contributed by atoms with Gasteiger partial charge < -0.3 is 9.47 Å². The summed E-state index contributed by atoms with van der Waals surface area (Å²) in [5, 5.41) is 0. The van der Waals surface area contributed by atoms with Crippen molar-refractivity contribution in [2.45, 2.75) is 38.4 Å². The zero-order valence-electron chi connectivity index (χ0n) is 9.31. The predicted octanol–water partition coefficient (Wildman–Crippen LogP) is 0.679. The molecule has 0 atom stereocenters. The summed E-state index contributed by atoms with van der Waals surface area (Å²) in [7, 11) is 0. The fourth-order valence-corrected chi connectivity index (χ4v) is 1.99. The predicted molar refractivity (Wildman–Crippen MR) is 55.5 cm³/mol. The van der Waals surface area contributed by atoms with Crippen molar-refractivity contribution in [3.63, 3.8) is 0 Å². The van der Waals surface area contributed by atoms with Crippen LogP contribution in [0, 0.1) is 0 Å². The lowest BCUT2D eigenvalue weighted by molar-refractivity contribution is -0.184. The van der Waals surface area contributed by atoms with Crippen molar-refractivity contribution in [3.05, 3.63) is 0 Å². The van der Waals surface area contributed by atoms with Gasteiger partial charge >= 0.3 is 0 Å². The van der Waals surface area contributed by atoms with Crippen molar-refractivity contribution >= 4 is 11.8 Å². The molecule has 0 saturated carbocycles. The molecule has 0 N–H and O–H groups in total. The second-order valence-electron chi connectivity index (χ2n) is 4.11. The van der Waals surface area contributed by atoms with Crippen LogP contribution in [0.1, 0.15) is 32.1 Å². The highest BCUT2D eigenvalue weighted by molar-refractivity contribution is 5.97. The minimum atomic E-state index is -0.253. The Bertz CT molecular complexity index is 257. The number of ether oxygens (including phenoxy) is 2. The summed E-state index contributed by atoms with van der Waals surface area (Å²) in [4.78, 5) is 24.3. The molecule has 0 unspecified atom stereocenters. The third kappa shape index (κ3) is 2.80. The summed E-state index contributed by atoms with van der Waals surface area (Å²) in [6.45, 7) is 1.82. The molecular weight excluding hydrogens is 210 g/mol. The van der Waals surface area contributed by atoms with E-state index in [1.807, 2.05) is 0 Å². The molecule has 5 heteroatoms. The molecule has 2 aliphatic heterocycles. The quantitative estimate of drug-likeness (QED) is 0.665. The number of hydrogen-bond acceptors (Lipinski definition) is 4. The topological polar surface area (TPSA) is 55.8 Å². The van der Waals surface area contributed by atoms with Crippen LogP contribution in [0.3, 0.4) is 0 Å². The molecular formula is C11H17NO4. The van der Waals surface area contributed by atoms with Gasteiger partial charge in [0.05, 0.1) is 13.2 Å². The van der Waals surface area contributed by atoms with Crippen LogP contribution in [0.15, 0.2) is 0 Å². The van der Waals surface area contributed by atoms with E-state index in [0.29, 0.717) is 45.4 Å². The first-order chi connectivity index (χ1) is 7.77. The molecule has 5 nitrogen and oxygen atoms in total. The van der Waals surface area contributed by atoms with E-state index in [4.69, 9.17) is 9.47 Å². The first kappa shape index (κ1) is 11.5. The number of hydrogen-bond donors (Lipinski definition) is 0. The van der Waals surface area contributed by atoms with Gasteiger partial charge in [0.2, 0.25) is 11.8 Å². The van der Waals surface area contributed by atoms with Gasteiger partial charge in [0.25, 0.3) is 0 Å². The minimum absolute atomic E-state index is 0.0629. The summed E-state index contributed by atoms with van der Waals surface area (Å²) >= 11 is 0. The summed E-state index contributed by atoms with van der Waals surface area (Å²) in [5.41, 5.74) is 0. The van der Waals surface area contributed by atoms with Gasteiger partial charge in [-0.2, -0.15) is 0 Å². The number of piperidine rings is 1. The van der Waals surface area contributed by atoms with Crippen molar-refractivity contribution in [3.8, 4) is 0 Å². The Morgan fingerprint density at radius 2 is 1.69 bits per heavy atom. The van der Waals surface area contributed by atoms with Crippen molar-refractivity contribution < 1.29 is 19.1 Å². The highest BCUT2D eigenvalue weighted by Gasteiger charge is 2.26. The third-order valence-corrected chi connectivity index (χ3v) is 2.87. The summed E-state index contributed by atoms with van der Waals surface area (Å²) < 4.78 is 10.7. The van der Waals surface area contributed by atoms with Gasteiger partial charge in [-0.3, -0.25) is 14.5 Å². The molecule has 2 fully saturated rings. The fraction of sp³-hybridized carbons (Fsp3) is 0.818. The molecule has 0 aromatic heterocycles. The number of rotatable bonds is 3. The average molecular weight is 227 g/mol. The van der Waals surface area contributed by atoms with Gasteiger partial charge in [-0.05, 0) is 12.8 Å². The van der Waals surface area contributed by atoms with E-state index in [2.05, 4.69) is 0 Å². The number of amides is 2. The minimum Gasteiger partial charge on any atom is -0.353 e. The molecule has 2 heterocycles. The molecule has 0 spiro atoms. The van der Waals surface area contributed by atoms with Crippen LogP contribution >= 0.6 is 0 Å². The van der Waals surface area contributed by atoms with Crippen LogP contribution in [0.4, 0.5) is 0 Å². The van der Waals surface area contributed by atoms with E-state index in [1.54, 1.807) is 0 Å². The molecule has 90 valence electrons. The van der Waals surface area contributed by atoms with Crippen LogP contribution in [-0.4, -0.2) is 42.8 Å². The molecule has 0 aromatic rings. The molecule has 0 radical (unpaired) electrons. The SMILES string of the molecule is O=C1CCCC(=O)N1CCC1OCCCO1. The van der Waals surface area contributed by atoms with Gasteiger partial charge in [0.15, 0.2) is 6.29 Å². The van der Waals surface area contributed by atoms with Crippen LogP contribution < -0.4 is 0 Å². The Morgan fingerprint density at radius 3 is 2.31 bits per heavy atom. The Balaban J connectivity index is 1.78. The Morgan fingerprint density at radius 1 is 1.06 bits per heavy atom. The maximum atomic E-state index is 11.5. The van der Waals surface area contributed by atoms with Gasteiger partial charge in [-0.25, -0.2) is 0 Å². The molecule has 0 aliphatic carbocycles. The van der Waals surface area contributed by atoms with E-state index < -0.39 is 0 Å². The summed E-state index contributed by atoms with van der Waals surface area (Å²) in [6, 6.07) is 0. The summed E-state index contributed by atoms with van der Waals surface area (Å²) in [6.07, 6.45) is 2.90. The Kier molecular flexibility index (Phi) is 3.90. The third-order valence-electron chi connectivity index (χ3n) is 2.87. The number of likely N-dealkylation sites (tertiary alicyclic amines) is 1. The van der Waals surface area contributed by atoms with Gasteiger partial charge in [-0.1, -0.05) is 0 Å². The first-order valence-electron chi connectivity index (χ1n) is 5.84. The van der Waals surface area contributed by atoms with E-state index >= 15 is 0 Å². The van der Waals surface area contributed by atoms with Crippen molar-refractivity contribution in [2.75, 3.05) is 19.8 Å². The second-order valence-corrected chi connectivity index (χ2v) is 4.11. The van der Waals surface area contributed by atoms with E-state index in [1.165, 1.54) is 4.90 Å². The van der Waals surface area contributed by atoms with Crippen LogP contribution in [-0.2, 0) is 19.1 Å². The fourth-order valence-electron chi connectivity index (χ4n) is 1.99. The largest absolute Gasteiger partial charge is 0.353 e. The molecule has 16 heavy (non-hydrogen) atoms. The van der Waals surface area contributed by atoms with Crippen LogP contribution in [0.5, 0.6) is 0 Å². The molecule has 2 rings (SSSR count). The number of nitrogens with zero attached hydrogens (tertiary/aromatic N) is 1. The number of carbonyl (C=O) groups is 2. The molecule has 2 saturated heterocycles. The lowest BCUT2D eigenvalue weighted by atomic mass is 10.1. The maximum absolute atomic E-state index is 11.5. The lowest BCUT2D eigenvalue weighted by Gasteiger charge is -2.28. The zero-order chi connectivity index (χ0) is 11.4. The van der Waals surface area contributed by atoms with E-state index in [9.17, 15) is 9.59 Å². The smallest absolute Gasteiger partial charge is 0.229 e. The lowest BCUT2D eigenvalue weighted by Crippen LogP contribution is -2.42. The summed E-state index contributed by atoms with van der Waals surface area (Å²) in [5.74, 6) is -0.126. The molecule has 2 amide bonds. The second kappa shape index (κ2) is 5.41. The highest BCUT2D eigenvalue weighted by Crippen LogP contribution is 2.15. The molecule has 0 bridgehead atoms. The first-order valence-corrected chi connectivity index (χ1v) is 5.84. The van der Waals surface area contributed by atoms with Crippen molar-refractivity contribution in [1.82, 2.24) is 4.90 Å². The highest BCUT2D eigenvalue weighted by atomic mass is 16.7.